The number of hydrogen-bond acceptors (Lipinski definition) is 4. The summed E-state index contributed by atoms with van der Waals surface area (Å²) in [7, 11) is 0. The first kappa shape index (κ1) is 13.7. The zero-order valence-electron chi connectivity index (χ0n) is 11.6. The van der Waals surface area contributed by atoms with E-state index >= 15 is 0 Å². The van der Waals surface area contributed by atoms with Crippen LogP contribution in [-0.2, 0) is 5.75 Å². The van der Waals surface area contributed by atoms with E-state index in [2.05, 4.69) is 25.8 Å². The number of anilines is 1. The lowest BCUT2D eigenvalue weighted by atomic mass is 10.0. The molecule has 1 aromatic heterocycles. The van der Waals surface area contributed by atoms with E-state index in [0.717, 1.165) is 17.3 Å². The minimum atomic E-state index is 0.238. The van der Waals surface area contributed by atoms with E-state index in [1.54, 1.807) is 0 Å². The summed E-state index contributed by atoms with van der Waals surface area (Å²) in [5, 5.41) is 0. The first-order chi connectivity index (χ1) is 8.44. The third-order valence-electron chi connectivity index (χ3n) is 3.22. The van der Waals surface area contributed by atoms with Gasteiger partial charge in [0, 0.05) is 22.4 Å². The Hall–Kier alpha value is -0.770. The van der Waals surface area contributed by atoms with Crippen LogP contribution in [0.4, 0.5) is 5.82 Å². The molecule has 1 aliphatic carbocycles. The van der Waals surface area contributed by atoms with Crippen LogP contribution in [0.3, 0.4) is 0 Å². The average molecular weight is 265 g/mol. The molecule has 3 nitrogen and oxygen atoms in total. The normalized spacial score (nSPS) is 17.3. The fraction of sp³-hybridized carbons (Fsp3) is 0.714. The summed E-state index contributed by atoms with van der Waals surface area (Å²) in [4.78, 5) is 9.06. The standard InChI is InChI=1S/C14H23N3S/c1-14(2,3)18-9-13-16-11(8-12(15)17-13)10-6-4-5-7-10/h8,10H,4-7,9H2,1-3H3,(H2,15,16,17). The van der Waals surface area contributed by atoms with Crippen molar-refractivity contribution < 1.29 is 0 Å². The molecule has 0 saturated heterocycles. The molecule has 1 fully saturated rings. The van der Waals surface area contributed by atoms with Gasteiger partial charge in [0.05, 0.1) is 5.75 Å². The van der Waals surface area contributed by atoms with Crippen molar-refractivity contribution in [3.63, 3.8) is 0 Å². The Morgan fingerprint density at radius 1 is 1.28 bits per heavy atom. The highest BCUT2D eigenvalue weighted by Crippen LogP contribution is 2.34. The van der Waals surface area contributed by atoms with Crippen molar-refractivity contribution >= 4 is 17.6 Å². The second-order valence-corrected chi connectivity index (χ2v) is 7.82. The van der Waals surface area contributed by atoms with Crippen molar-refractivity contribution in [2.24, 2.45) is 0 Å². The summed E-state index contributed by atoms with van der Waals surface area (Å²) in [6.07, 6.45) is 5.14. The van der Waals surface area contributed by atoms with Gasteiger partial charge in [0.25, 0.3) is 0 Å². The highest BCUT2D eigenvalue weighted by Gasteiger charge is 2.20. The molecule has 0 atom stereocenters. The molecule has 0 bridgehead atoms. The predicted octanol–water partition coefficient (Wildman–Crippen LogP) is 3.75. The summed E-state index contributed by atoms with van der Waals surface area (Å²) in [5.41, 5.74) is 7.06. The molecule has 18 heavy (non-hydrogen) atoms. The Kier molecular flexibility index (Phi) is 4.15. The highest BCUT2D eigenvalue weighted by molar-refractivity contribution is 7.99. The van der Waals surface area contributed by atoms with Crippen LogP contribution in [0.1, 0.15) is 63.9 Å². The van der Waals surface area contributed by atoms with Crippen LogP contribution in [-0.4, -0.2) is 14.7 Å². The molecule has 0 unspecified atom stereocenters. The van der Waals surface area contributed by atoms with E-state index in [-0.39, 0.29) is 4.75 Å². The summed E-state index contributed by atoms with van der Waals surface area (Å²) in [6, 6.07) is 1.96. The second-order valence-electron chi connectivity index (χ2n) is 6.02. The molecule has 0 spiro atoms. The van der Waals surface area contributed by atoms with E-state index in [1.165, 1.54) is 25.7 Å². The Bertz CT molecular complexity index is 406. The number of nitrogens with two attached hydrogens (primary N) is 1. The van der Waals surface area contributed by atoms with E-state index in [9.17, 15) is 0 Å². The van der Waals surface area contributed by atoms with Gasteiger partial charge in [0.15, 0.2) is 0 Å². The van der Waals surface area contributed by atoms with Gasteiger partial charge in [-0.1, -0.05) is 33.6 Å². The lowest BCUT2D eigenvalue weighted by Crippen LogP contribution is -2.10. The predicted molar refractivity (Wildman–Crippen MR) is 78.7 cm³/mol. The first-order valence-corrected chi connectivity index (χ1v) is 7.70. The number of thioether (sulfide) groups is 1. The maximum absolute atomic E-state index is 5.91. The van der Waals surface area contributed by atoms with E-state index in [0.29, 0.717) is 11.7 Å². The van der Waals surface area contributed by atoms with E-state index in [1.807, 2.05) is 17.8 Å². The van der Waals surface area contributed by atoms with Gasteiger partial charge in [-0.3, -0.25) is 0 Å². The molecule has 100 valence electrons. The molecule has 4 heteroatoms. The Labute approximate surface area is 114 Å². The zero-order chi connectivity index (χ0) is 13.2. The lowest BCUT2D eigenvalue weighted by Gasteiger charge is -2.17. The van der Waals surface area contributed by atoms with Gasteiger partial charge >= 0.3 is 0 Å². The topological polar surface area (TPSA) is 51.8 Å². The molecule has 1 heterocycles. The number of aromatic nitrogens is 2. The van der Waals surface area contributed by atoms with Crippen molar-refractivity contribution in [3.8, 4) is 0 Å². The Morgan fingerprint density at radius 3 is 2.56 bits per heavy atom. The van der Waals surface area contributed by atoms with Gasteiger partial charge in [-0.15, -0.1) is 11.8 Å². The molecule has 1 saturated carbocycles. The fourth-order valence-electron chi connectivity index (χ4n) is 2.32. The van der Waals surface area contributed by atoms with Gasteiger partial charge < -0.3 is 5.73 Å². The Morgan fingerprint density at radius 2 is 1.94 bits per heavy atom. The van der Waals surface area contributed by atoms with Crippen LogP contribution in [0.25, 0.3) is 0 Å². The van der Waals surface area contributed by atoms with Gasteiger partial charge in [0.2, 0.25) is 0 Å². The zero-order valence-corrected chi connectivity index (χ0v) is 12.4. The third-order valence-corrected chi connectivity index (χ3v) is 4.49. The smallest absolute Gasteiger partial charge is 0.140 e. The number of nitrogens with zero attached hydrogens (tertiary/aromatic N) is 2. The van der Waals surface area contributed by atoms with Crippen molar-refractivity contribution in [2.45, 2.75) is 62.9 Å². The largest absolute Gasteiger partial charge is 0.384 e. The quantitative estimate of drug-likeness (QED) is 0.904. The second kappa shape index (κ2) is 5.47. The van der Waals surface area contributed by atoms with E-state index in [4.69, 9.17) is 10.7 Å². The molecule has 2 rings (SSSR count). The van der Waals surface area contributed by atoms with Gasteiger partial charge in [0.1, 0.15) is 11.6 Å². The summed E-state index contributed by atoms with van der Waals surface area (Å²) < 4.78 is 0.238. The monoisotopic (exact) mass is 265 g/mol. The summed E-state index contributed by atoms with van der Waals surface area (Å²) >= 11 is 1.87. The van der Waals surface area contributed by atoms with Crippen molar-refractivity contribution in [1.29, 1.82) is 0 Å². The third kappa shape index (κ3) is 3.87. The summed E-state index contributed by atoms with van der Waals surface area (Å²) in [6.45, 7) is 6.63. The molecule has 2 N–H and O–H groups in total. The molecule has 0 radical (unpaired) electrons. The van der Waals surface area contributed by atoms with Crippen LogP contribution in [0.15, 0.2) is 6.07 Å². The minimum Gasteiger partial charge on any atom is -0.384 e. The van der Waals surface area contributed by atoms with Crippen molar-refractivity contribution in [3.05, 3.63) is 17.6 Å². The number of nitrogen functional groups attached to an aromatic ring is 1. The SMILES string of the molecule is CC(C)(C)SCc1nc(N)cc(C2CCCC2)n1. The molecule has 0 aliphatic heterocycles. The number of hydrogen-bond donors (Lipinski definition) is 1. The van der Waals surface area contributed by atoms with Crippen LogP contribution >= 0.6 is 11.8 Å². The Balaban J connectivity index is 2.10. The van der Waals surface area contributed by atoms with Gasteiger partial charge in [-0.25, -0.2) is 9.97 Å². The average Bonchev–Trinajstić information content (AvgIpc) is 2.78. The first-order valence-electron chi connectivity index (χ1n) is 6.71. The molecular formula is C14H23N3S. The molecule has 1 aromatic rings. The van der Waals surface area contributed by atoms with Crippen molar-refractivity contribution in [2.75, 3.05) is 5.73 Å². The molecule has 1 aliphatic rings. The lowest BCUT2D eigenvalue weighted by molar-refractivity contribution is 0.689. The van der Waals surface area contributed by atoms with E-state index < -0.39 is 0 Å². The molecule has 0 aromatic carbocycles. The minimum absolute atomic E-state index is 0.238. The van der Waals surface area contributed by atoms with Crippen LogP contribution in [0, 0.1) is 0 Å². The molecular weight excluding hydrogens is 242 g/mol. The fourth-order valence-corrected chi connectivity index (χ4v) is 3.01. The van der Waals surface area contributed by atoms with Crippen LogP contribution < -0.4 is 5.73 Å². The highest BCUT2D eigenvalue weighted by atomic mass is 32.2. The number of rotatable bonds is 3. The van der Waals surface area contributed by atoms with Gasteiger partial charge in [-0.2, -0.15) is 0 Å². The van der Waals surface area contributed by atoms with Crippen LogP contribution in [0.5, 0.6) is 0 Å². The maximum Gasteiger partial charge on any atom is 0.140 e. The van der Waals surface area contributed by atoms with Crippen LogP contribution in [0.2, 0.25) is 0 Å². The summed E-state index contributed by atoms with van der Waals surface area (Å²) in [5.74, 6) is 2.95. The maximum atomic E-state index is 5.91. The van der Waals surface area contributed by atoms with Gasteiger partial charge in [-0.05, 0) is 12.8 Å². The molecule has 0 amide bonds. The van der Waals surface area contributed by atoms with Crippen molar-refractivity contribution in [1.82, 2.24) is 9.97 Å².